The van der Waals surface area contributed by atoms with Gasteiger partial charge < -0.3 is 5.32 Å². The second kappa shape index (κ2) is 4.89. The van der Waals surface area contributed by atoms with Crippen LogP contribution in [0.25, 0.3) is 0 Å². The van der Waals surface area contributed by atoms with E-state index in [2.05, 4.69) is 38.0 Å². The lowest BCUT2D eigenvalue weighted by Crippen LogP contribution is -2.35. The molecule has 13 heavy (non-hydrogen) atoms. The van der Waals surface area contributed by atoms with Crippen LogP contribution in [-0.2, 0) is 0 Å². The first-order valence-electron chi connectivity index (χ1n) is 5.10. The average Bonchev–Trinajstić information content (AvgIpc) is 2.11. The van der Waals surface area contributed by atoms with E-state index in [1.54, 1.807) is 0 Å². The zero-order valence-corrected chi connectivity index (χ0v) is 9.82. The Morgan fingerprint density at radius 1 is 1.62 bits per heavy atom. The van der Waals surface area contributed by atoms with Gasteiger partial charge in [-0.3, -0.25) is 4.99 Å². The van der Waals surface area contributed by atoms with E-state index < -0.39 is 0 Å². The van der Waals surface area contributed by atoms with Gasteiger partial charge in [0.15, 0.2) is 5.17 Å². The molecule has 1 N–H and O–H groups in total. The monoisotopic (exact) mass is 200 g/mol. The van der Waals surface area contributed by atoms with Crippen LogP contribution in [-0.4, -0.2) is 23.0 Å². The average molecular weight is 200 g/mol. The molecule has 0 aromatic heterocycles. The highest BCUT2D eigenvalue weighted by atomic mass is 32.2. The third-order valence-electron chi connectivity index (χ3n) is 2.61. The molecule has 1 rings (SSSR count). The SMILES string of the molecule is CCC(C)NC1=NC(C)C(C)CS1. The van der Waals surface area contributed by atoms with Gasteiger partial charge in [-0.05, 0) is 26.2 Å². The Balaban J connectivity index is 2.47. The Hall–Kier alpha value is -0.180. The lowest BCUT2D eigenvalue weighted by molar-refractivity contribution is 0.530. The molecule has 0 aromatic carbocycles. The summed E-state index contributed by atoms with van der Waals surface area (Å²) in [7, 11) is 0. The molecule has 0 spiro atoms. The van der Waals surface area contributed by atoms with Gasteiger partial charge in [-0.2, -0.15) is 0 Å². The Morgan fingerprint density at radius 3 is 2.85 bits per heavy atom. The van der Waals surface area contributed by atoms with E-state index in [1.807, 2.05) is 11.8 Å². The molecule has 2 nitrogen and oxygen atoms in total. The molecular formula is C10H20N2S. The number of aliphatic imine (C=N–C) groups is 1. The molecule has 1 aliphatic rings. The standard InChI is InChI=1S/C10H20N2S/c1-5-8(3)11-10-12-9(4)7(2)6-13-10/h7-9H,5-6H2,1-4H3,(H,11,12). The highest BCUT2D eigenvalue weighted by Gasteiger charge is 2.19. The first kappa shape index (κ1) is 10.9. The van der Waals surface area contributed by atoms with Crippen LogP contribution < -0.4 is 5.32 Å². The maximum absolute atomic E-state index is 4.62. The van der Waals surface area contributed by atoms with Crippen molar-refractivity contribution in [2.24, 2.45) is 10.9 Å². The van der Waals surface area contributed by atoms with Gasteiger partial charge in [-0.15, -0.1) is 0 Å². The summed E-state index contributed by atoms with van der Waals surface area (Å²) in [6.45, 7) is 8.85. The summed E-state index contributed by atoms with van der Waals surface area (Å²) in [4.78, 5) is 4.62. The lowest BCUT2D eigenvalue weighted by Gasteiger charge is -2.25. The van der Waals surface area contributed by atoms with Crippen molar-refractivity contribution in [3.8, 4) is 0 Å². The molecular weight excluding hydrogens is 180 g/mol. The number of rotatable bonds is 2. The minimum absolute atomic E-state index is 0.479. The largest absolute Gasteiger partial charge is 0.362 e. The summed E-state index contributed by atoms with van der Waals surface area (Å²) in [6, 6.07) is 1.03. The molecule has 1 heterocycles. The van der Waals surface area contributed by atoms with Gasteiger partial charge >= 0.3 is 0 Å². The molecule has 0 bridgehead atoms. The Labute approximate surface area is 85.6 Å². The number of nitrogens with one attached hydrogen (secondary N) is 1. The molecule has 0 aliphatic carbocycles. The van der Waals surface area contributed by atoms with Gasteiger partial charge in [-0.1, -0.05) is 25.6 Å². The number of hydrogen-bond donors (Lipinski definition) is 1. The topological polar surface area (TPSA) is 24.4 Å². The number of amidine groups is 1. The second-order valence-electron chi connectivity index (χ2n) is 3.92. The summed E-state index contributed by atoms with van der Waals surface area (Å²) in [5, 5.41) is 4.57. The highest BCUT2D eigenvalue weighted by molar-refractivity contribution is 8.13. The fraction of sp³-hybridized carbons (Fsp3) is 0.900. The normalized spacial score (nSPS) is 30.9. The van der Waals surface area contributed by atoms with Crippen molar-refractivity contribution in [3.63, 3.8) is 0 Å². The zero-order valence-electron chi connectivity index (χ0n) is 9.00. The molecule has 0 saturated heterocycles. The van der Waals surface area contributed by atoms with E-state index in [9.17, 15) is 0 Å². The molecule has 0 fully saturated rings. The van der Waals surface area contributed by atoms with Crippen LogP contribution in [0.1, 0.15) is 34.1 Å². The van der Waals surface area contributed by atoms with Gasteiger partial charge in [0.05, 0.1) is 6.04 Å². The Kier molecular flexibility index (Phi) is 4.10. The molecule has 0 amide bonds. The van der Waals surface area contributed by atoms with Crippen molar-refractivity contribution >= 4 is 16.9 Å². The first-order chi connectivity index (χ1) is 6.13. The smallest absolute Gasteiger partial charge is 0.157 e. The predicted molar refractivity (Wildman–Crippen MR) is 61.4 cm³/mol. The molecule has 3 heteroatoms. The third-order valence-corrected chi connectivity index (χ3v) is 3.80. The van der Waals surface area contributed by atoms with E-state index >= 15 is 0 Å². The van der Waals surface area contributed by atoms with Crippen molar-refractivity contribution in [3.05, 3.63) is 0 Å². The summed E-state index contributed by atoms with van der Waals surface area (Å²) in [5.41, 5.74) is 0. The summed E-state index contributed by atoms with van der Waals surface area (Å²) >= 11 is 1.86. The maximum atomic E-state index is 4.62. The van der Waals surface area contributed by atoms with Crippen LogP contribution in [0.3, 0.4) is 0 Å². The number of thioether (sulfide) groups is 1. The molecule has 0 saturated carbocycles. The van der Waals surface area contributed by atoms with Crippen molar-refractivity contribution in [1.82, 2.24) is 5.32 Å². The van der Waals surface area contributed by atoms with Crippen molar-refractivity contribution < 1.29 is 0 Å². The van der Waals surface area contributed by atoms with Crippen LogP contribution in [0.15, 0.2) is 4.99 Å². The summed E-state index contributed by atoms with van der Waals surface area (Å²) in [5.74, 6) is 1.91. The maximum Gasteiger partial charge on any atom is 0.157 e. The van der Waals surface area contributed by atoms with Crippen molar-refractivity contribution in [2.45, 2.75) is 46.2 Å². The van der Waals surface area contributed by atoms with Crippen molar-refractivity contribution in [1.29, 1.82) is 0 Å². The van der Waals surface area contributed by atoms with Crippen LogP contribution in [0.2, 0.25) is 0 Å². The Bertz CT molecular complexity index is 191. The van der Waals surface area contributed by atoms with Crippen LogP contribution >= 0.6 is 11.8 Å². The molecule has 0 aromatic rings. The van der Waals surface area contributed by atoms with Gasteiger partial charge in [0.1, 0.15) is 0 Å². The number of hydrogen-bond acceptors (Lipinski definition) is 3. The first-order valence-corrected chi connectivity index (χ1v) is 6.09. The van der Waals surface area contributed by atoms with E-state index in [-0.39, 0.29) is 0 Å². The van der Waals surface area contributed by atoms with Crippen LogP contribution in [0.4, 0.5) is 0 Å². The van der Waals surface area contributed by atoms with E-state index in [4.69, 9.17) is 0 Å². The molecule has 3 unspecified atom stereocenters. The lowest BCUT2D eigenvalue weighted by atomic mass is 10.1. The molecule has 76 valence electrons. The second-order valence-corrected chi connectivity index (χ2v) is 4.93. The van der Waals surface area contributed by atoms with Gasteiger partial charge in [0, 0.05) is 11.8 Å². The Morgan fingerprint density at radius 2 is 2.31 bits per heavy atom. The van der Waals surface area contributed by atoms with Crippen LogP contribution in [0.5, 0.6) is 0 Å². The van der Waals surface area contributed by atoms with Crippen LogP contribution in [0, 0.1) is 5.92 Å². The van der Waals surface area contributed by atoms with E-state index in [0.29, 0.717) is 18.0 Å². The zero-order chi connectivity index (χ0) is 9.84. The summed E-state index contributed by atoms with van der Waals surface area (Å²) in [6.07, 6.45) is 1.16. The molecule has 3 atom stereocenters. The quantitative estimate of drug-likeness (QED) is 0.740. The van der Waals surface area contributed by atoms with Gasteiger partial charge in [-0.25, -0.2) is 0 Å². The fourth-order valence-corrected chi connectivity index (χ4v) is 2.32. The minimum atomic E-state index is 0.479. The van der Waals surface area contributed by atoms with Gasteiger partial charge in [0.25, 0.3) is 0 Å². The number of nitrogens with zero attached hydrogens (tertiary/aromatic N) is 1. The minimum Gasteiger partial charge on any atom is -0.362 e. The highest BCUT2D eigenvalue weighted by Crippen LogP contribution is 2.21. The van der Waals surface area contributed by atoms with Gasteiger partial charge in [0.2, 0.25) is 0 Å². The van der Waals surface area contributed by atoms with E-state index in [1.165, 1.54) is 5.75 Å². The summed E-state index contributed by atoms with van der Waals surface area (Å²) < 4.78 is 0. The third kappa shape index (κ3) is 3.22. The predicted octanol–water partition coefficient (Wildman–Crippen LogP) is 2.50. The molecule has 0 radical (unpaired) electrons. The van der Waals surface area contributed by atoms with Crippen molar-refractivity contribution in [2.75, 3.05) is 5.75 Å². The van der Waals surface area contributed by atoms with E-state index in [0.717, 1.165) is 11.6 Å². The fourth-order valence-electron chi connectivity index (χ4n) is 1.09. The molecule has 1 aliphatic heterocycles.